The van der Waals surface area contributed by atoms with Gasteiger partial charge in [0.05, 0.1) is 25.7 Å². The average Bonchev–Trinajstić information content (AvgIpc) is 3.20. The van der Waals surface area contributed by atoms with Crippen molar-refractivity contribution in [3.05, 3.63) is 101 Å². The summed E-state index contributed by atoms with van der Waals surface area (Å²) in [6, 6.07) is 24.1. The number of benzene rings is 4. The van der Waals surface area contributed by atoms with Crippen LogP contribution in [0.1, 0.15) is 11.1 Å². The van der Waals surface area contributed by atoms with Crippen LogP contribution in [0.5, 0.6) is 17.2 Å². The minimum atomic E-state index is -4.13. The van der Waals surface area contributed by atoms with Crippen molar-refractivity contribution in [2.75, 3.05) is 14.2 Å². The lowest BCUT2D eigenvalue weighted by atomic mass is 10.1. The van der Waals surface area contributed by atoms with Gasteiger partial charge < -0.3 is 13.7 Å². The van der Waals surface area contributed by atoms with Gasteiger partial charge in [0.15, 0.2) is 11.5 Å². The van der Waals surface area contributed by atoms with Gasteiger partial charge in [0.25, 0.3) is 11.1 Å². The maximum atomic E-state index is 13.1. The number of nitrogens with zero attached hydrogens (tertiary/aromatic N) is 1. The van der Waals surface area contributed by atoms with Gasteiger partial charge in [-0.2, -0.15) is 8.42 Å². The molecule has 0 bridgehead atoms. The lowest BCUT2D eigenvalue weighted by Crippen LogP contribution is -2.27. The molecular formula is C29H23NO7S2. The normalized spacial score (nSPS) is 14.7. The summed E-state index contributed by atoms with van der Waals surface area (Å²) in [6.45, 7) is 0.159. The van der Waals surface area contributed by atoms with Gasteiger partial charge in [-0.15, -0.1) is 0 Å². The monoisotopic (exact) mass is 561 g/mol. The molecule has 10 heteroatoms. The molecule has 0 radical (unpaired) electrons. The van der Waals surface area contributed by atoms with Crippen LogP contribution in [-0.2, 0) is 21.5 Å². The van der Waals surface area contributed by atoms with Gasteiger partial charge in [-0.25, -0.2) is 0 Å². The highest BCUT2D eigenvalue weighted by molar-refractivity contribution is 8.18. The van der Waals surface area contributed by atoms with E-state index in [1.165, 1.54) is 55.5 Å². The summed E-state index contributed by atoms with van der Waals surface area (Å²) in [5, 5.41) is 1.74. The summed E-state index contributed by atoms with van der Waals surface area (Å²) >= 11 is 0.848. The lowest BCUT2D eigenvalue weighted by Gasteiger charge is -2.13. The number of thioether (sulfide) groups is 1. The zero-order valence-corrected chi connectivity index (χ0v) is 22.6. The van der Waals surface area contributed by atoms with E-state index in [4.69, 9.17) is 13.7 Å². The first-order chi connectivity index (χ1) is 18.8. The lowest BCUT2D eigenvalue weighted by molar-refractivity contribution is -0.123. The third-order valence-electron chi connectivity index (χ3n) is 6.06. The third kappa shape index (κ3) is 5.62. The number of amides is 2. The molecule has 1 aliphatic heterocycles. The maximum absolute atomic E-state index is 13.1. The predicted octanol–water partition coefficient (Wildman–Crippen LogP) is 5.86. The van der Waals surface area contributed by atoms with Gasteiger partial charge in [-0.1, -0.05) is 42.5 Å². The van der Waals surface area contributed by atoms with E-state index in [0.29, 0.717) is 11.3 Å². The van der Waals surface area contributed by atoms with Crippen LogP contribution in [-0.4, -0.2) is 38.7 Å². The molecule has 0 aromatic heterocycles. The zero-order valence-electron chi connectivity index (χ0n) is 21.0. The highest BCUT2D eigenvalue weighted by Crippen LogP contribution is 2.36. The molecule has 1 heterocycles. The molecular weight excluding hydrogens is 538 g/mol. The van der Waals surface area contributed by atoms with E-state index < -0.39 is 16.0 Å². The second kappa shape index (κ2) is 10.8. The number of ether oxygens (including phenoxy) is 2. The number of hydrogen-bond donors (Lipinski definition) is 0. The van der Waals surface area contributed by atoms with Gasteiger partial charge in [0.2, 0.25) is 0 Å². The summed E-state index contributed by atoms with van der Waals surface area (Å²) in [5.41, 5.74) is 1.38. The number of methoxy groups -OCH3 is 2. The molecule has 39 heavy (non-hydrogen) atoms. The third-order valence-corrected chi connectivity index (χ3v) is 8.22. The van der Waals surface area contributed by atoms with Crippen molar-refractivity contribution in [2.45, 2.75) is 11.4 Å². The molecule has 8 nitrogen and oxygen atoms in total. The van der Waals surface area contributed by atoms with Gasteiger partial charge in [-0.3, -0.25) is 14.5 Å². The molecule has 0 atom stereocenters. The number of fused-ring (bicyclic) bond motifs is 1. The number of hydrogen-bond acceptors (Lipinski definition) is 8. The molecule has 0 unspecified atom stereocenters. The summed E-state index contributed by atoms with van der Waals surface area (Å²) in [4.78, 5) is 27.2. The minimum absolute atomic E-state index is 0.0186. The van der Waals surface area contributed by atoms with E-state index in [9.17, 15) is 18.0 Å². The first kappa shape index (κ1) is 26.3. The van der Waals surface area contributed by atoms with Crippen molar-refractivity contribution >= 4 is 49.9 Å². The van der Waals surface area contributed by atoms with Crippen LogP contribution < -0.4 is 13.7 Å². The Morgan fingerprint density at radius 2 is 1.56 bits per heavy atom. The first-order valence-corrected chi connectivity index (χ1v) is 14.0. The van der Waals surface area contributed by atoms with E-state index in [0.717, 1.165) is 28.1 Å². The second-order valence-electron chi connectivity index (χ2n) is 8.57. The average molecular weight is 562 g/mol. The van der Waals surface area contributed by atoms with Crippen molar-refractivity contribution in [3.63, 3.8) is 0 Å². The molecule has 1 aliphatic rings. The van der Waals surface area contributed by atoms with Crippen molar-refractivity contribution < 1.29 is 31.7 Å². The Bertz CT molecular complexity index is 1710. The molecule has 1 fully saturated rings. The molecule has 5 rings (SSSR count). The second-order valence-corrected chi connectivity index (χ2v) is 11.1. The molecule has 4 aromatic carbocycles. The fourth-order valence-corrected chi connectivity index (χ4v) is 5.84. The van der Waals surface area contributed by atoms with Crippen LogP contribution >= 0.6 is 11.8 Å². The fraction of sp³-hybridized carbons (Fsp3) is 0.103. The molecule has 4 aromatic rings. The molecule has 0 spiro atoms. The van der Waals surface area contributed by atoms with Crippen LogP contribution in [0.2, 0.25) is 0 Å². The smallest absolute Gasteiger partial charge is 0.339 e. The van der Waals surface area contributed by atoms with Crippen molar-refractivity contribution in [2.24, 2.45) is 0 Å². The number of imide groups is 1. The standard InChI is InChI=1S/C29H23NO7S2/c1-35-23-10-12-24(13-11-23)39(33,34)37-25-14-8-19(16-26(25)36-2)17-27-28(31)30(29(32)38-27)18-20-7-9-21-5-3-4-6-22(21)15-20/h3-17H,18H2,1-2H3/b27-17-. The quantitative estimate of drug-likeness (QED) is 0.195. The van der Waals surface area contributed by atoms with E-state index in [1.807, 2.05) is 42.5 Å². The van der Waals surface area contributed by atoms with Gasteiger partial charge >= 0.3 is 10.1 Å². The van der Waals surface area contributed by atoms with Crippen LogP contribution in [0, 0.1) is 0 Å². The molecule has 2 amide bonds. The number of rotatable bonds is 8. The maximum Gasteiger partial charge on any atom is 0.339 e. The summed E-state index contributed by atoms with van der Waals surface area (Å²) in [5.74, 6) is 0.239. The van der Waals surface area contributed by atoms with Gasteiger partial charge in [0, 0.05) is 0 Å². The summed E-state index contributed by atoms with van der Waals surface area (Å²) < 4.78 is 41.2. The molecule has 0 saturated carbocycles. The summed E-state index contributed by atoms with van der Waals surface area (Å²) in [7, 11) is -1.27. The Kier molecular flexibility index (Phi) is 7.32. The van der Waals surface area contributed by atoms with Gasteiger partial charge in [-0.05, 0) is 82.2 Å². The zero-order chi connectivity index (χ0) is 27.6. The molecule has 0 aliphatic carbocycles. The predicted molar refractivity (Wildman–Crippen MR) is 149 cm³/mol. The number of carbonyl (C=O) groups is 2. The number of carbonyl (C=O) groups excluding carboxylic acids is 2. The largest absolute Gasteiger partial charge is 0.497 e. The topological polar surface area (TPSA) is 99.2 Å². The molecule has 0 N–H and O–H groups in total. The highest BCUT2D eigenvalue weighted by atomic mass is 32.2. The minimum Gasteiger partial charge on any atom is -0.497 e. The van der Waals surface area contributed by atoms with E-state index in [1.54, 1.807) is 12.1 Å². The van der Waals surface area contributed by atoms with E-state index in [-0.39, 0.29) is 33.1 Å². The SMILES string of the molecule is COc1ccc(S(=O)(=O)Oc2ccc(/C=C3\SC(=O)N(Cc4ccc5ccccc5c4)C3=O)cc2OC)cc1. The van der Waals surface area contributed by atoms with Crippen LogP contribution in [0.3, 0.4) is 0 Å². The molecule has 198 valence electrons. The highest BCUT2D eigenvalue weighted by Gasteiger charge is 2.35. The van der Waals surface area contributed by atoms with Crippen molar-refractivity contribution in [1.82, 2.24) is 4.90 Å². The Hall–Kier alpha value is -4.28. The first-order valence-electron chi connectivity index (χ1n) is 11.8. The summed E-state index contributed by atoms with van der Waals surface area (Å²) in [6.07, 6.45) is 1.57. The van der Waals surface area contributed by atoms with Crippen molar-refractivity contribution in [3.8, 4) is 17.2 Å². The van der Waals surface area contributed by atoms with Crippen LogP contribution in [0.15, 0.2) is 94.7 Å². The molecule has 1 saturated heterocycles. The van der Waals surface area contributed by atoms with Crippen LogP contribution in [0.25, 0.3) is 16.8 Å². The van der Waals surface area contributed by atoms with Crippen LogP contribution in [0.4, 0.5) is 4.79 Å². The Labute approximate surface area is 229 Å². The van der Waals surface area contributed by atoms with Crippen molar-refractivity contribution in [1.29, 1.82) is 0 Å². The Morgan fingerprint density at radius 1 is 0.821 bits per heavy atom. The fourth-order valence-electron chi connectivity index (χ4n) is 4.06. The Morgan fingerprint density at radius 3 is 2.28 bits per heavy atom. The van der Waals surface area contributed by atoms with Gasteiger partial charge in [0.1, 0.15) is 10.6 Å². The Balaban J connectivity index is 1.34. The van der Waals surface area contributed by atoms with E-state index >= 15 is 0 Å². The van der Waals surface area contributed by atoms with E-state index in [2.05, 4.69) is 0 Å².